The summed E-state index contributed by atoms with van der Waals surface area (Å²) in [6.45, 7) is 5.25. The number of ether oxygens (including phenoxy) is 3. The maximum Gasteiger partial charge on any atom is 0.142 e. The molecule has 0 radical (unpaired) electrons. The first kappa shape index (κ1) is 35.2. The Kier molecular flexibility index (Phi) is 11.2. The average Bonchev–Trinajstić information content (AvgIpc) is 3.52. The first-order valence-electron chi connectivity index (χ1n) is 16.9. The topological polar surface area (TPSA) is 105 Å². The van der Waals surface area contributed by atoms with E-state index in [1.54, 1.807) is 30.3 Å². The first-order chi connectivity index (χ1) is 24.3. The molecule has 1 fully saturated rings. The highest BCUT2D eigenvalue weighted by atomic mass is 35.5. The van der Waals surface area contributed by atoms with Gasteiger partial charge in [0.05, 0.1) is 34.9 Å². The van der Waals surface area contributed by atoms with Crippen molar-refractivity contribution in [2.75, 3.05) is 26.2 Å². The number of rotatable bonds is 12. The molecule has 50 heavy (non-hydrogen) atoms. The Hall–Kier alpha value is -4.67. The van der Waals surface area contributed by atoms with E-state index < -0.39 is 12.3 Å². The van der Waals surface area contributed by atoms with Gasteiger partial charge in [-0.25, -0.2) is 8.78 Å². The highest BCUT2D eigenvalue weighted by molar-refractivity contribution is 6.32. The fourth-order valence-corrected chi connectivity index (χ4v) is 7.09. The SMILES string of the molecule is Cc1c(OCCCN2CCC(F)CC2)cccc1-c1cc(F)cc2c1CC[C@@H]2Oc1cc(OCc2cc(C#N)cc(C#N)c2)c(CN)cc1Cl. The molecule has 1 aliphatic heterocycles. The van der Waals surface area contributed by atoms with E-state index in [4.69, 9.17) is 31.5 Å². The molecule has 0 bridgehead atoms. The Morgan fingerprint density at radius 2 is 1.68 bits per heavy atom. The van der Waals surface area contributed by atoms with Crippen LogP contribution in [0, 0.1) is 35.4 Å². The zero-order chi connectivity index (χ0) is 35.2. The lowest BCUT2D eigenvalue weighted by Gasteiger charge is -2.28. The summed E-state index contributed by atoms with van der Waals surface area (Å²) >= 11 is 6.67. The van der Waals surface area contributed by atoms with Gasteiger partial charge in [0, 0.05) is 37.8 Å². The van der Waals surface area contributed by atoms with E-state index in [0.29, 0.717) is 71.1 Å². The number of nitrogens with two attached hydrogens (primary N) is 1. The molecule has 0 unspecified atom stereocenters. The number of hydrogen-bond donors (Lipinski definition) is 1. The van der Waals surface area contributed by atoms with Crippen molar-refractivity contribution in [3.8, 4) is 40.5 Å². The van der Waals surface area contributed by atoms with E-state index in [2.05, 4.69) is 17.0 Å². The summed E-state index contributed by atoms with van der Waals surface area (Å²) in [7, 11) is 0. The molecule has 258 valence electrons. The maximum atomic E-state index is 15.3. The van der Waals surface area contributed by atoms with E-state index >= 15 is 4.39 Å². The lowest BCUT2D eigenvalue weighted by atomic mass is 9.93. The van der Waals surface area contributed by atoms with Crippen LogP contribution in [0.1, 0.15) is 70.7 Å². The molecule has 1 aliphatic carbocycles. The van der Waals surface area contributed by atoms with E-state index in [1.807, 2.05) is 25.1 Å². The molecule has 0 saturated carbocycles. The molecular formula is C40H39ClF2N4O3. The smallest absolute Gasteiger partial charge is 0.142 e. The van der Waals surface area contributed by atoms with Crippen LogP contribution < -0.4 is 19.9 Å². The predicted octanol–water partition coefficient (Wildman–Crippen LogP) is 8.50. The molecule has 1 atom stereocenters. The van der Waals surface area contributed by atoms with Gasteiger partial charge in [-0.15, -0.1) is 0 Å². The van der Waals surface area contributed by atoms with Crippen LogP contribution in [-0.4, -0.2) is 37.3 Å². The highest BCUT2D eigenvalue weighted by Gasteiger charge is 2.29. The van der Waals surface area contributed by atoms with Crippen LogP contribution in [0.2, 0.25) is 5.02 Å². The monoisotopic (exact) mass is 696 g/mol. The van der Waals surface area contributed by atoms with Gasteiger partial charge in [-0.2, -0.15) is 10.5 Å². The summed E-state index contributed by atoms with van der Waals surface area (Å²) in [5.41, 5.74) is 12.5. The number of fused-ring (bicyclic) bond motifs is 1. The molecule has 0 spiro atoms. The van der Waals surface area contributed by atoms with Crippen LogP contribution in [0.25, 0.3) is 11.1 Å². The number of hydrogen-bond acceptors (Lipinski definition) is 7. The number of nitrogens with zero attached hydrogens (tertiary/aromatic N) is 3. The minimum atomic E-state index is -0.681. The number of likely N-dealkylation sites (tertiary alicyclic amines) is 1. The van der Waals surface area contributed by atoms with Crippen LogP contribution in [0.3, 0.4) is 0 Å². The molecule has 2 aliphatic rings. The van der Waals surface area contributed by atoms with E-state index in [0.717, 1.165) is 59.6 Å². The van der Waals surface area contributed by atoms with Crippen LogP contribution >= 0.6 is 11.6 Å². The van der Waals surface area contributed by atoms with Crippen molar-refractivity contribution in [3.63, 3.8) is 0 Å². The fraction of sp³-hybridized carbons (Fsp3) is 0.350. The molecule has 4 aromatic rings. The summed E-state index contributed by atoms with van der Waals surface area (Å²) in [4.78, 5) is 2.29. The molecule has 1 saturated heterocycles. The van der Waals surface area contributed by atoms with Gasteiger partial charge in [0.1, 0.15) is 41.9 Å². The lowest BCUT2D eigenvalue weighted by molar-refractivity contribution is 0.143. The van der Waals surface area contributed by atoms with Gasteiger partial charge >= 0.3 is 0 Å². The molecular weight excluding hydrogens is 658 g/mol. The second-order valence-electron chi connectivity index (χ2n) is 12.8. The number of benzene rings is 4. The van der Waals surface area contributed by atoms with Gasteiger partial charge in [-0.05, 0) is 115 Å². The van der Waals surface area contributed by atoms with Crippen molar-refractivity contribution in [2.24, 2.45) is 5.73 Å². The number of halogens is 3. The molecule has 0 amide bonds. The van der Waals surface area contributed by atoms with Crippen molar-refractivity contribution < 1.29 is 23.0 Å². The Morgan fingerprint density at radius 3 is 2.40 bits per heavy atom. The summed E-state index contributed by atoms with van der Waals surface area (Å²) in [6, 6.07) is 21.4. The second-order valence-corrected chi connectivity index (χ2v) is 13.2. The van der Waals surface area contributed by atoms with Crippen molar-refractivity contribution in [1.29, 1.82) is 10.5 Å². The third-order valence-electron chi connectivity index (χ3n) is 9.47. The third-order valence-corrected chi connectivity index (χ3v) is 9.77. The van der Waals surface area contributed by atoms with Crippen LogP contribution in [-0.2, 0) is 19.6 Å². The second kappa shape index (κ2) is 15.9. The van der Waals surface area contributed by atoms with Crippen LogP contribution in [0.4, 0.5) is 8.78 Å². The maximum absolute atomic E-state index is 15.3. The Labute approximate surface area is 296 Å². The molecule has 1 heterocycles. The first-order valence-corrected chi connectivity index (χ1v) is 17.3. The predicted molar refractivity (Wildman–Crippen MR) is 188 cm³/mol. The minimum absolute atomic E-state index is 0.0977. The molecule has 6 rings (SSSR count). The van der Waals surface area contributed by atoms with Crippen LogP contribution in [0.15, 0.2) is 60.7 Å². The van der Waals surface area contributed by atoms with E-state index in [9.17, 15) is 14.9 Å². The van der Waals surface area contributed by atoms with E-state index in [1.165, 1.54) is 12.1 Å². The largest absolute Gasteiger partial charge is 0.493 e. The minimum Gasteiger partial charge on any atom is -0.493 e. The third kappa shape index (κ3) is 8.03. The zero-order valence-corrected chi connectivity index (χ0v) is 28.7. The van der Waals surface area contributed by atoms with Gasteiger partial charge in [-0.1, -0.05) is 23.7 Å². The van der Waals surface area contributed by atoms with Gasteiger partial charge < -0.3 is 24.8 Å². The van der Waals surface area contributed by atoms with Crippen molar-refractivity contribution >= 4 is 11.6 Å². The summed E-state index contributed by atoms with van der Waals surface area (Å²) in [5.74, 6) is 1.24. The Bertz CT molecular complexity index is 1920. The van der Waals surface area contributed by atoms with Gasteiger partial charge in [-0.3, -0.25) is 0 Å². The Morgan fingerprint density at radius 1 is 0.920 bits per heavy atom. The number of alkyl halides is 1. The van der Waals surface area contributed by atoms with Gasteiger partial charge in [0.15, 0.2) is 0 Å². The van der Waals surface area contributed by atoms with Crippen molar-refractivity contribution in [2.45, 2.75) is 64.5 Å². The van der Waals surface area contributed by atoms with Crippen LogP contribution in [0.5, 0.6) is 17.2 Å². The summed E-state index contributed by atoms with van der Waals surface area (Å²) in [6.07, 6.45) is 2.23. The molecule has 10 heteroatoms. The molecule has 4 aromatic carbocycles. The zero-order valence-electron chi connectivity index (χ0n) is 28.0. The quantitative estimate of drug-likeness (QED) is 0.148. The summed E-state index contributed by atoms with van der Waals surface area (Å²) in [5, 5.41) is 19.0. The fourth-order valence-electron chi connectivity index (χ4n) is 6.85. The van der Waals surface area contributed by atoms with E-state index in [-0.39, 0.29) is 19.0 Å². The van der Waals surface area contributed by atoms with Gasteiger partial charge in [0.2, 0.25) is 0 Å². The molecule has 0 aromatic heterocycles. The number of piperidine rings is 1. The van der Waals surface area contributed by atoms with Crippen molar-refractivity contribution in [3.05, 3.63) is 110 Å². The summed E-state index contributed by atoms with van der Waals surface area (Å²) < 4.78 is 47.5. The Balaban J connectivity index is 1.18. The molecule has 2 N–H and O–H groups in total. The number of nitriles is 2. The normalized spacial score (nSPS) is 16.0. The average molecular weight is 697 g/mol. The van der Waals surface area contributed by atoms with Gasteiger partial charge in [0.25, 0.3) is 0 Å². The standard InChI is InChI=1S/C40H39ClF2N4O3/c1-25-32(4-2-5-37(25)48-13-3-10-47-11-8-30(42)9-12-47)34-18-31(43)19-35-33(34)6-7-38(35)50-40-20-39(29(23-46)17-36(40)41)49-24-28-15-26(21-44)14-27(16-28)22-45/h2,4-5,14-20,30,38H,3,6-13,23-24,46H2,1H3/t38-/m0/s1. The van der Waals surface area contributed by atoms with Crippen molar-refractivity contribution in [1.82, 2.24) is 4.90 Å². The molecule has 7 nitrogen and oxygen atoms in total. The highest BCUT2D eigenvalue weighted by Crippen LogP contribution is 2.44. The lowest BCUT2D eigenvalue weighted by Crippen LogP contribution is -2.35.